The third-order valence-electron chi connectivity index (χ3n) is 4.04. The number of carbonyl (C=O) groups is 1. The molecule has 3 heteroatoms. The second-order valence-electron chi connectivity index (χ2n) is 5.84. The van der Waals surface area contributed by atoms with Crippen LogP contribution in [0.4, 0.5) is 0 Å². The number of hydrogen-bond donors (Lipinski definition) is 1. The van der Waals surface area contributed by atoms with E-state index in [1.807, 2.05) is 18.2 Å². The number of carboxylic acid groups (broad SMARTS) is 1. The zero-order valence-corrected chi connectivity index (χ0v) is 12.8. The molecule has 0 bridgehead atoms. The number of aryl methyl sites for hydroxylation is 2. The molecule has 0 aliphatic rings. The number of aliphatic carboxylic acids is 1. The van der Waals surface area contributed by atoms with Gasteiger partial charge >= 0.3 is 5.97 Å². The largest absolute Gasteiger partial charge is 0.481 e. The normalized spacial score (nSPS) is 11.0. The summed E-state index contributed by atoms with van der Waals surface area (Å²) in [6, 6.07) is 14.4. The lowest BCUT2D eigenvalue weighted by atomic mass is 10.1. The summed E-state index contributed by atoms with van der Waals surface area (Å²) in [5.41, 5.74) is 5.74. The third kappa shape index (κ3) is 2.89. The SMILES string of the molecule is Cc1ccc(C)c(Cn2ccc3ccc(CC(=O)O)cc32)c1. The number of fused-ring (bicyclic) bond motifs is 1. The van der Waals surface area contributed by atoms with Crippen LogP contribution in [0.3, 0.4) is 0 Å². The van der Waals surface area contributed by atoms with Crippen LogP contribution in [0.1, 0.15) is 22.3 Å². The molecule has 0 amide bonds. The number of carboxylic acids is 1. The van der Waals surface area contributed by atoms with E-state index in [4.69, 9.17) is 5.11 Å². The Bertz CT molecular complexity index is 846. The molecule has 0 aliphatic carbocycles. The van der Waals surface area contributed by atoms with Crippen molar-refractivity contribution in [1.29, 1.82) is 0 Å². The molecule has 0 saturated carbocycles. The van der Waals surface area contributed by atoms with Crippen LogP contribution < -0.4 is 0 Å². The van der Waals surface area contributed by atoms with Gasteiger partial charge in [0, 0.05) is 18.3 Å². The first kappa shape index (κ1) is 14.4. The maximum absolute atomic E-state index is 10.9. The number of benzene rings is 2. The molecule has 1 N–H and O–H groups in total. The topological polar surface area (TPSA) is 42.2 Å². The molecule has 22 heavy (non-hydrogen) atoms. The first-order valence-corrected chi connectivity index (χ1v) is 7.38. The number of hydrogen-bond acceptors (Lipinski definition) is 1. The van der Waals surface area contributed by atoms with Crippen LogP contribution in [-0.2, 0) is 17.8 Å². The Kier molecular flexibility index (Phi) is 3.72. The van der Waals surface area contributed by atoms with Gasteiger partial charge in [-0.15, -0.1) is 0 Å². The summed E-state index contributed by atoms with van der Waals surface area (Å²) < 4.78 is 2.18. The van der Waals surface area contributed by atoms with E-state index in [0.717, 1.165) is 23.0 Å². The van der Waals surface area contributed by atoms with E-state index in [2.05, 4.69) is 48.9 Å². The highest BCUT2D eigenvalue weighted by Gasteiger charge is 2.07. The smallest absolute Gasteiger partial charge is 0.307 e. The molecule has 3 rings (SSSR count). The highest BCUT2D eigenvalue weighted by Crippen LogP contribution is 2.21. The molecule has 3 nitrogen and oxygen atoms in total. The highest BCUT2D eigenvalue weighted by molar-refractivity contribution is 5.82. The Hall–Kier alpha value is -2.55. The standard InChI is InChI=1S/C19H19NO2/c1-13-3-4-14(2)17(9-13)12-20-8-7-16-6-5-15(10-18(16)20)11-19(21)22/h3-10H,11-12H2,1-2H3,(H,21,22). The summed E-state index contributed by atoms with van der Waals surface area (Å²) in [4.78, 5) is 10.9. The van der Waals surface area contributed by atoms with Gasteiger partial charge < -0.3 is 9.67 Å². The van der Waals surface area contributed by atoms with Gasteiger partial charge in [0.15, 0.2) is 0 Å². The summed E-state index contributed by atoms with van der Waals surface area (Å²) >= 11 is 0. The minimum atomic E-state index is -0.799. The van der Waals surface area contributed by atoms with Crippen molar-refractivity contribution in [1.82, 2.24) is 4.57 Å². The maximum atomic E-state index is 10.9. The second kappa shape index (κ2) is 5.68. The third-order valence-corrected chi connectivity index (χ3v) is 4.04. The number of aromatic nitrogens is 1. The van der Waals surface area contributed by atoms with Gasteiger partial charge in [-0.05, 0) is 48.1 Å². The van der Waals surface area contributed by atoms with E-state index in [1.165, 1.54) is 16.7 Å². The summed E-state index contributed by atoms with van der Waals surface area (Å²) in [6.07, 6.45) is 2.13. The van der Waals surface area contributed by atoms with E-state index >= 15 is 0 Å². The maximum Gasteiger partial charge on any atom is 0.307 e. The Morgan fingerprint density at radius 1 is 1.09 bits per heavy atom. The van der Waals surface area contributed by atoms with Gasteiger partial charge in [0.1, 0.15) is 0 Å². The van der Waals surface area contributed by atoms with Crippen LogP contribution in [0.2, 0.25) is 0 Å². The zero-order valence-electron chi connectivity index (χ0n) is 12.8. The highest BCUT2D eigenvalue weighted by atomic mass is 16.4. The average Bonchev–Trinajstić information content (AvgIpc) is 2.85. The molecular weight excluding hydrogens is 274 g/mol. The molecule has 0 unspecified atom stereocenters. The second-order valence-corrected chi connectivity index (χ2v) is 5.84. The summed E-state index contributed by atoms with van der Waals surface area (Å²) in [6.45, 7) is 5.02. The fourth-order valence-corrected chi connectivity index (χ4v) is 2.81. The molecule has 2 aromatic carbocycles. The molecule has 112 valence electrons. The van der Waals surface area contributed by atoms with Crippen molar-refractivity contribution < 1.29 is 9.90 Å². The molecular formula is C19H19NO2. The van der Waals surface area contributed by atoms with Gasteiger partial charge in [0.05, 0.1) is 6.42 Å². The first-order valence-electron chi connectivity index (χ1n) is 7.38. The molecule has 0 saturated heterocycles. The van der Waals surface area contributed by atoms with E-state index in [1.54, 1.807) is 0 Å². The Morgan fingerprint density at radius 3 is 2.68 bits per heavy atom. The van der Waals surface area contributed by atoms with Gasteiger partial charge in [0.25, 0.3) is 0 Å². The van der Waals surface area contributed by atoms with Gasteiger partial charge in [-0.25, -0.2) is 0 Å². The molecule has 1 aromatic heterocycles. The summed E-state index contributed by atoms with van der Waals surface area (Å²) in [5, 5.41) is 10.1. The Labute approximate surface area is 129 Å². The molecule has 1 heterocycles. The van der Waals surface area contributed by atoms with Crippen molar-refractivity contribution in [2.75, 3.05) is 0 Å². The van der Waals surface area contributed by atoms with E-state index in [9.17, 15) is 4.79 Å². The molecule has 0 spiro atoms. The van der Waals surface area contributed by atoms with Crippen LogP contribution >= 0.6 is 0 Å². The molecule has 0 radical (unpaired) electrons. The average molecular weight is 293 g/mol. The van der Waals surface area contributed by atoms with Crippen LogP contribution in [0, 0.1) is 13.8 Å². The fraction of sp³-hybridized carbons (Fsp3) is 0.211. The lowest BCUT2D eigenvalue weighted by Crippen LogP contribution is -2.02. The zero-order chi connectivity index (χ0) is 15.7. The van der Waals surface area contributed by atoms with E-state index in [0.29, 0.717) is 0 Å². The minimum absolute atomic E-state index is 0.0601. The van der Waals surface area contributed by atoms with Crippen LogP contribution in [-0.4, -0.2) is 15.6 Å². The lowest BCUT2D eigenvalue weighted by molar-refractivity contribution is -0.136. The molecule has 3 aromatic rings. The summed E-state index contributed by atoms with van der Waals surface area (Å²) in [5.74, 6) is -0.799. The van der Waals surface area contributed by atoms with Crippen molar-refractivity contribution in [3.05, 3.63) is 70.9 Å². The van der Waals surface area contributed by atoms with Crippen molar-refractivity contribution in [3.8, 4) is 0 Å². The predicted octanol–water partition coefficient (Wildman–Crippen LogP) is 3.93. The number of nitrogens with zero attached hydrogens (tertiary/aromatic N) is 1. The summed E-state index contributed by atoms with van der Waals surface area (Å²) in [7, 11) is 0. The quantitative estimate of drug-likeness (QED) is 0.792. The van der Waals surface area contributed by atoms with Crippen molar-refractivity contribution in [2.45, 2.75) is 26.8 Å². The monoisotopic (exact) mass is 293 g/mol. The fourth-order valence-electron chi connectivity index (χ4n) is 2.81. The van der Waals surface area contributed by atoms with Gasteiger partial charge in [-0.2, -0.15) is 0 Å². The van der Waals surface area contributed by atoms with E-state index in [-0.39, 0.29) is 6.42 Å². The van der Waals surface area contributed by atoms with Gasteiger partial charge in [-0.1, -0.05) is 35.9 Å². The van der Waals surface area contributed by atoms with Crippen LogP contribution in [0.15, 0.2) is 48.7 Å². The van der Waals surface area contributed by atoms with Crippen molar-refractivity contribution in [2.24, 2.45) is 0 Å². The van der Waals surface area contributed by atoms with Crippen molar-refractivity contribution >= 4 is 16.9 Å². The lowest BCUT2D eigenvalue weighted by Gasteiger charge is -2.10. The predicted molar refractivity (Wildman–Crippen MR) is 88.3 cm³/mol. The molecule has 0 aliphatic heterocycles. The minimum Gasteiger partial charge on any atom is -0.481 e. The van der Waals surface area contributed by atoms with Gasteiger partial charge in [0.2, 0.25) is 0 Å². The van der Waals surface area contributed by atoms with E-state index < -0.39 is 5.97 Å². The molecule has 0 atom stereocenters. The number of rotatable bonds is 4. The first-order chi connectivity index (χ1) is 10.5. The Morgan fingerprint density at radius 2 is 1.91 bits per heavy atom. The molecule has 0 fully saturated rings. The van der Waals surface area contributed by atoms with Gasteiger partial charge in [-0.3, -0.25) is 4.79 Å². The van der Waals surface area contributed by atoms with Crippen molar-refractivity contribution in [3.63, 3.8) is 0 Å². The van der Waals surface area contributed by atoms with Crippen LogP contribution in [0.25, 0.3) is 10.9 Å². The Balaban J connectivity index is 1.99. The van der Waals surface area contributed by atoms with Crippen LogP contribution in [0.5, 0.6) is 0 Å².